The number of benzene rings is 2. The quantitative estimate of drug-likeness (QED) is 0.343. The van der Waals surface area contributed by atoms with Gasteiger partial charge in [-0.2, -0.15) is 8.78 Å². The van der Waals surface area contributed by atoms with E-state index in [1.165, 1.54) is 12.1 Å². The molecule has 0 spiro atoms. The van der Waals surface area contributed by atoms with E-state index < -0.39 is 12.6 Å². The fourth-order valence-electron chi connectivity index (χ4n) is 4.64. The van der Waals surface area contributed by atoms with Gasteiger partial charge in [-0.05, 0) is 55.7 Å². The van der Waals surface area contributed by atoms with Gasteiger partial charge in [-0.3, -0.25) is 4.79 Å². The van der Waals surface area contributed by atoms with Gasteiger partial charge in [0.2, 0.25) is 5.95 Å². The number of anilines is 1. The Morgan fingerprint density at radius 1 is 1.14 bits per heavy atom. The number of hydrogen-bond acceptors (Lipinski definition) is 6. The maximum absolute atomic E-state index is 12.9. The molecule has 3 heterocycles. The third kappa shape index (κ3) is 5.34. The topological polar surface area (TPSA) is 93.4 Å². The Hall–Kier alpha value is -3.79. The molecule has 1 N–H and O–H groups in total. The zero-order valence-corrected chi connectivity index (χ0v) is 20.7. The highest BCUT2D eigenvalue weighted by molar-refractivity contribution is 6.30. The Morgan fingerprint density at radius 2 is 1.86 bits per heavy atom. The minimum absolute atomic E-state index is 0.0631. The Labute approximate surface area is 216 Å². The standard InChI is InChI=1S/C26H24ClF2N5O3/c1-15-32-21-4-2-17(19-12-30-26(31-13-19)33-8-6-16(7-9-33)24(35)36)11-22(21)34(15)14-18-10-20(27)3-5-23(18)37-25(28)29/h2-5,10-13,16,25H,6-9,14H2,1H3,(H,35,36). The Kier molecular flexibility index (Phi) is 6.92. The third-order valence-electron chi connectivity index (χ3n) is 6.60. The van der Waals surface area contributed by atoms with Crippen molar-refractivity contribution in [3.63, 3.8) is 0 Å². The van der Waals surface area contributed by atoms with Crippen LogP contribution in [0.25, 0.3) is 22.2 Å². The maximum Gasteiger partial charge on any atom is 0.387 e. The zero-order valence-electron chi connectivity index (χ0n) is 19.9. The second kappa shape index (κ2) is 10.3. The summed E-state index contributed by atoms with van der Waals surface area (Å²) in [6.45, 7) is 0.348. The minimum atomic E-state index is -2.95. The number of ether oxygens (including phenoxy) is 1. The van der Waals surface area contributed by atoms with Crippen molar-refractivity contribution in [2.75, 3.05) is 18.0 Å². The van der Waals surface area contributed by atoms with Crippen LogP contribution < -0.4 is 9.64 Å². The molecule has 2 aromatic heterocycles. The van der Waals surface area contributed by atoms with Crippen molar-refractivity contribution in [3.8, 4) is 16.9 Å². The number of carboxylic acid groups (broad SMARTS) is 1. The summed E-state index contributed by atoms with van der Waals surface area (Å²) < 4.78 is 32.5. The lowest BCUT2D eigenvalue weighted by Gasteiger charge is -2.30. The van der Waals surface area contributed by atoms with E-state index in [4.69, 9.17) is 16.3 Å². The Morgan fingerprint density at radius 3 is 2.54 bits per heavy atom. The van der Waals surface area contributed by atoms with Gasteiger partial charge >= 0.3 is 12.6 Å². The molecule has 0 unspecified atom stereocenters. The first-order valence-corrected chi connectivity index (χ1v) is 12.2. The van der Waals surface area contributed by atoms with Crippen LogP contribution in [0.2, 0.25) is 5.02 Å². The van der Waals surface area contributed by atoms with E-state index in [9.17, 15) is 18.7 Å². The normalized spacial score (nSPS) is 14.5. The summed E-state index contributed by atoms with van der Waals surface area (Å²) in [5.74, 6) is 0.274. The first kappa shape index (κ1) is 24.9. The molecule has 5 rings (SSSR count). The molecular formula is C26H24ClF2N5O3. The van der Waals surface area contributed by atoms with Crippen molar-refractivity contribution in [2.45, 2.75) is 32.9 Å². The summed E-state index contributed by atoms with van der Waals surface area (Å²) in [5.41, 5.74) is 3.78. The molecule has 192 valence electrons. The number of halogens is 3. The van der Waals surface area contributed by atoms with Crippen LogP contribution in [0, 0.1) is 12.8 Å². The van der Waals surface area contributed by atoms with E-state index >= 15 is 0 Å². The number of fused-ring (bicyclic) bond motifs is 1. The lowest BCUT2D eigenvalue weighted by molar-refractivity contribution is -0.142. The van der Waals surface area contributed by atoms with Gasteiger partial charge in [-0.25, -0.2) is 15.0 Å². The summed E-state index contributed by atoms with van der Waals surface area (Å²) in [7, 11) is 0. The summed E-state index contributed by atoms with van der Waals surface area (Å²) in [6.07, 6.45) is 4.62. The number of imidazole rings is 1. The van der Waals surface area contributed by atoms with Crippen molar-refractivity contribution in [1.82, 2.24) is 19.5 Å². The fourth-order valence-corrected chi connectivity index (χ4v) is 4.83. The van der Waals surface area contributed by atoms with Gasteiger partial charge in [0.05, 0.1) is 23.5 Å². The monoisotopic (exact) mass is 527 g/mol. The summed E-state index contributed by atoms with van der Waals surface area (Å²) in [6, 6.07) is 10.4. The van der Waals surface area contributed by atoms with Crippen LogP contribution in [0.5, 0.6) is 5.75 Å². The largest absolute Gasteiger partial charge is 0.481 e. The molecule has 11 heteroatoms. The lowest BCUT2D eigenvalue weighted by atomic mass is 9.97. The molecule has 4 aromatic rings. The lowest BCUT2D eigenvalue weighted by Crippen LogP contribution is -2.37. The molecule has 0 bridgehead atoms. The first-order chi connectivity index (χ1) is 17.8. The second-order valence-corrected chi connectivity index (χ2v) is 9.39. The van der Waals surface area contributed by atoms with Gasteiger partial charge in [0, 0.05) is 41.6 Å². The number of aliphatic carboxylic acids is 1. The fraction of sp³-hybridized carbons (Fsp3) is 0.308. The molecule has 37 heavy (non-hydrogen) atoms. The number of rotatable bonds is 7. The van der Waals surface area contributed by atoms with Crippen LogP contribution in [0.15, 0.2) is 48.8 Å². The SMILES string of the molecule is Cc1nc2ccc(-c3cnc(N4CCC(C(=O)O)CC4)nc3)cc2n1Cc1cc(Cl)ccc1OC(F)F. The molecule has 1 aliphatic heterocycles. The zero-order chi connectivity index (χ0) is 26.1. The number of hydrogen-bond donors (Lipinski definition) is 1. The second-order valence-electron chi connectivity index (χ2n) is 8.95. The first-order valence-electron chi connectivity index (χ1n) is 11.8. The molecule has 2 aromatic carbocycles. The average molecular weight is 528 g/mol. The molecule has 1 aliphatic rings. The van der Waals surface area contributed by atoms with Crippen molar-refractivity contribution in [3.05, 3.63) is 65.2 Å². The molecular weight excluding hydrogens is 504 g/mol. The van der Waals surface area contributed by atoms with Crippen LogP contribution in [0.1, 0.15) is 24.2 Å². The van der Waals surface area contributed by atoms with E-state index in [0.29, 0.717) is 48.3 Å². The molecule has 0 atom stereocenters. The van der Waals surface area contributed by atoms with Crippen LogP contribution in [0.4, 0.5) is 14.7 Å². The van der Waals surface area contributed by atoms with E-state index in [0.717, 1.165) is 22.2 Å². The van der Waals surface area contributed by atoms with Crippen LogP contribution in [-0.2, 0) is 11.3 Å². The van der Waals surface area contributed by atoms with E-state index in [1.54, 1.807) is 18.5 Å². The molecule has 1 saturated heterocycles. The third-order valence-corrected chi connectivity index (χ3v) is 6.84. The predicted molar refractivity (Wildman–Crippen MR) is 135 cm³/mol. The van der Waals surface area contributed by atoms with Gasteiger partial charge < -0.3 is 19.3 Å². The average Bonchev–Trinajstić information content (AvgIpc) is 3.19. The van der Waals surface area contributed by atoms with Crippen LogP contribution in [0.3, 0.4) is 0 Å². The molecule has 8 nitrogen and oxygen atoms in total. The highest BCUT2D eigenvalue weighted by atomic mass is 35.5. The maximum atomic E-state index is 12.9. The number of aryl methyl sites for hydroxylation is 1. The summed E-state index contributed by atoms with van der Waals surface area (Å²) >= 11 is 6.14. The van der Waals surface area contributed by atoms with Crippen molar-refractivity contribution in [2.24, 2.45) is 5.92 Å². The number of alkyl halides is 2. The number of carboxylic acids is 1. The van der Waals surface area contributed by atoms with Crippen molar-refractivity contribution in [1.29, 1.82) is 0 Å². The molecule has 0 radical (unpaired) electrons. The Balaban J connectivity index is 1.41. The van der Waals surface area contributed by atoms with Crippen molar-refractivity contribution >= 4 is 34.6 Å². The smallest absolute Gasteiger partial charge is 0.387 e. The molecule has 0 amide bonds. The van der Waals surface area contributed by atoms with E-state index in [2.05, 4.69) is 15.0 Å². The van der Waals surface area contributed by atoms with Gasteiger partial charge in [0.25, 0.3) is 0 Å². The molecule has 1 fully saturated rings. The predicted octanol–water partition coefficient (Wildman–Crippen LogP) is 5.41. The van der Waals surface area contributed by atoms with Crippen LogP contribution >= 0.6 is 11.6 Å². The number of piperidine rings is 1. The number of carbonyl (C=O) groups is 1. The van der Waals surface area contributed by atoms with Crippen molar-refractivity contribution < 1.29 is 23.4 Å². The summed E-state index contributed by atoms with van der Waals surface area (Å²) in [5, 5.41) is 9.62. The number of nitrogens with zero attached hydrogens (tertiary/aromatic N) is 5. The number of aromatic nitrogens is 4. The van der Waals surface area contributed by atoms with Gasteiger partial charge in [-0.1, -0.05) is 17.7 Å². The molecule has 0 aliphatic carbocycles. The molecule has 0 saturated carbocycles. The van der Waals surface area contributed by atoms with Gasteiger partial charge in [0.1, 0.15) is 11.6 Å². The highest BCUT2D eigenvalue weighted by Crippen LogP contribution is 2.30. The van der Waals surface area contributed by atoms with E-state index in [-0.39, 0.29) is 18.2 Å². The van der Waals surface area contributed by atoms with E-state index in [1.807, 2.05) is 34.6 Å². The minimum Gasteiger partial charge on any atom is -0.481 e. The van der Waals surface area contributed by atoms with Crippen LogP contribution in [-0.4, -0.2) is 50.3 Å². The van der Waals surface area contributed by atoms with Gasteiger partial charge in [-0.15, -0.1) is 0 Å². The van der Waals surface area contributed by atoms with Gasteiger partial charge in [0.15, 0.2) is 0 Å². The Bertz CT molecular complexity index is 1440. The highest BCUT2D eigenvalue weighted by Gasteiger charge is 2.25. The summed E-state index contributed by atoms with van der Waals surface area (Å²) in [4.78, 5) is 26.8.